The summed E-state index contributed by atoms with van der Waals surface area (Å²) in [5.74, 6) is 0.907. The molecule has 0 radical (unpaired) electrons. The molecule has 1 unspecified atom stereocenters. The van der Waals surface area contributed by atoms with E-state index < -0.39 is 13.8 Å². The van der Waals surface area contributed by atoms with Gasteiger partial charge < -0.3 is 47.5 Å². The topological polar surface area (TPSA) is 151 Å². The van der Waals surface area contributed by atoms with Gasteiger partial charge in [-0.05, 0) is 24.1 Å². The number of unbranched alkanes of at least 4 members (excludes halogenated alkanes) is 9. The van der Waals surface area contributed by atoms with Gasteiger partial charge in [0.15, 0.2) is 0 Å². The molecule has 1 aromatic heterocycles. The number of hydrogen-bond acceptors (Lipinski definition) is 12. The molecule has 1 aromatic carbocycles. The fourth-order valence-electron chi connectivity index (χ4n) is 5.03. The van der Waals surface area contributed by atoms with Gasteiger partial charge in [0.2, 0.25) is 0 Å². The zero-order valence-electron chi connectivity index (χ0n) is 32.6. The van der Waals surface area contributed by atoms with Crippen LogP contribution in [-0.4, -0.2) is 132 Å². The number of ether oxygens (including phenoxy) is 9. The minimum absolute atomic E-state index is 0.118. The fourth-order valence-corrected chi connectivity index (χ4v) is 5.39. The Labute approximate surface area is 322 Å². The van der Waals surface area contributed by atoms with Crippen LogP contribution in [0.15, 0.2) is 30.5 Å². The first-order valence-electron chi connectivity index (χ1n) is 19.7. The van der Waals surface area contributed by atoms with Crippen LogP contribution in [0.2, 0.25) is 0 Å². The van der Waals surface area contributed by atoms with Gasteiger partial charge in [0.25, 0.3) is 0 Å². The third kappa shape index (κ3) is 30.2. The van der Waals surface area contributed by atoms with E-state index in [-0.39, 0.29) is 13.2 Å². The molecule has 16 heteroatoms. The third-order valence-corrected chi connectivity index (χ3v) is 8.72. The summed E-state index contributed by atoms with van der Waals surface area (Å²) in [6, 6.07) is 8.19. The predicted octanol–water partition coefficient (Wildman–Crippen LogP) is 6.41. The van der Waals surface area contributed by atoms with Crippen molar-refractivity contribution in [2.45, 2.75) is 84.3 Å². The van der Waals surface area contributed by atoms with Gasteiger partial charge in [0.05, 0.1) is 131 Å². The molecule has 0 saturated heterocycles. The lowest BCUT2D eigenvalue weighted by Crippen LogP contribution is -2.15. The summed E-state index contributed by atoms with van der Waals surface area (Å²) < 4.78 is 74.0. The summed E-state index contributed by atoms with van der Waals surface area (Å²) in [5, 5.41) is 8.43. The van der Waals surface area contributed by atoms with Gasteiger partial charge >= 0.3 is 7.68 Å². The number of hydrogen-bond donors (Lipinski definition) is 1. The highest BCUT2D eigenvalue weighted by atomic mass is 31.2. The first-order chi connectivity index (χ1) is 26.5. The Hall–Kier alpha value is -2.04. The van der Waals surface area contributed by atoms with Crippen molar-refractivity contribution in [1.29, 1.82) is 0 Å². The van der Waals surface area contributed by atoms with Gasteiger partial charge in [-0.3, -0.25) is 4.57 Å². The molecular formula is C38H67FN3O11P. The Kier molecular flexibility index (Phi) is 30.5. The van der Waals surface area contributed by atoms with Crippen molar-refractivity contribution in [2.24, 2.45) is 0 Å². The first kappa shape index (κ1) is 48.1. The van der Waals surface area contributed by atoms with Crippen LogP contribution >= 0.6 is 7.68 Å². The second kappa shape index (κ2) is 34.2. The molecule has 0 aliphatic heterocycles. The van der Waals surface area contributed by atoms with Crippen LogP contribution in [-0.2, 0) is 55.6 Å². The second-order valence-electron chi connectivity index (χ2n) is 12.8. The highest BCUT2D eigenvalue weighted by Gasteiger charge is 2.14. The summed E-state index contributed by atoms with van der Waals surface area (Å²) in [4.78, 5) is 8.50. The fraction of sp³-hybridized carbons (Fsp3) is 0.789. The van der Waals surface area contributed by atoms with E-state index in [4.69, 9.17) is 47.5 Å². The van der Waals surface area contributed by atoms with E-state index in [9.17, 15) is 8.76 Å². The molecule has 14 nitrogen and oxygen atoms in total. The molecule has 0 saturated carbocycles. The first-order valence-corrected chi connectivity index (χ1v) is 21.4. The normalized spacial score (nSPS) is 12.7. The predicted molar refractivity (Wildman–Crippen MR) is 204 cm³/mol. The molecule has 0 bridgehead atoms. The number of halogens is 1. The second-order valence-corrected chi connectivity index (χ2v) is 14.4. The zero-order chi connectivity index (χ0) is 38.6. The third-order valence-electron chi connectivity index (χ3n) is 7.99. The lowest BCUT2D eigenvalue weighted by Gasteiger charge is -2.08. The van der Waals surface area contributed by atoms with Crippen molar-refractivity contribution >= 4 is 7.68 Å². The van der Waals surface area contributed by atoms with E-state index >= 15 is 0 Å². The number of nitrogens with zero attached hydrogens (tertiary/aromatic N) is 3. The standard InChI is InChI=1S/C38H67FN3O11P/c1-2-3-4-5-6-7-8-9-10-11-16-53-38-14-12-36(13-15-38)33-42-34-37(40-41-42)35-52-30-29-50-26-25-48-22-21-46-18-17-45-19-20-47-23-24-49-27-28-51-31-32-54(39,43)44/h12-15,34H,2-11,16-33,35H2,1H3,(H,43,44). The summed E-state index contributed by atoms with van der Waals surface area (Å²) in [6.07, 6.45) is 14.6. The van der Waals surface area contributed by atoms with Crippen LogP contribution < -0.4 is 4.74 Å². The number of rotatable bonds is 40. The van der Waals surface area contributed by atoms with Crippen LogP contribution in [0.1, 0.15) is 82.4 Å². The highest BCUT2D eigenvalue weighted by molar-refractivity contribution is 7.52. The van der Waals surface area contributed by atoms with Gasteiger partial charge in [0.1, 0.15) is 11.4 Å². The van der Waals surface area contributed by atoms with Crippen LogP contribution in [0.5, 0.6) is 5.75 Å². The van der Waals surface area contributed by atoms with Crippen LogP contribution in [0, 0.1) is 0 Å². The van der Waals surface area contributed by atoms with Gasteiger partial charge in [-0.2, -0.15) is 4.20 Å². The molecule has 312 valence electrons. The maximum absolute atomic E-state index is 12.4. The Morgan fingerprint density at radius 2 is 1.02 bits per heavy atom. The summed E-state index contributed by atoms with van der Waals surface area (Å²) in [6.45, 7) is 9.82. The molecule has 0 aliphatic carbocycles. The van der Waals surface area contributed by atoms with Crippen molar-refractivity contribution in [2.75, 3.05) is 112 Å². The van der Waals surface area contributed by atoms with Crippen LogP contribution in [0.25, 0.3) is 0 Å². The average molecular weight is 792 g/mol. The summed E-state index contributed by atoms with van der Waals surface area (Å²) in [7, 11) is -4.50. The molecule has 2 aromatic rings. The minimum Gasteiger partial charge on any atom is -0.494 e. The Balaban J connectivity index is 1.30. The smallest absolute Gasteiger partial charge is 0.367 e. The Morgan fingerprint density at radius 1 is 0.593 bits per heavy atom. The summed E-state index contributed by atoms with van der Waals surface area (Å²) in [5.41, 5.74) is 1.90. The van der Waals surface area contributed by atoms with Crippen LogP contribution in [0.3, 0.4) is 0 Å². The van der Waals surface area contributed by atoms with E-state index in [1.807, 2.05) is 23.0 Å². The SMILES string of the molecule is CCCCCCCCCCCCOc1ccc(Cn2cc(COCCOCCOCCOCCOCCOCCOCCOCCP(=O)(O)F)nn2)cc1. The monoisotopic (exact) mass is 791 g/mol. The van der Waals surface area contributed by atoms with E-state index in [0.29, 0.717) is 99.0 Å². The number of aromatic nitrogens is 3. The highest BCUT2D eigenvalue weighted by Crippen LogP contribution is 2.41. The molecule has 1 heterocycles. The molecule has 0 spiro atoms. The molecule has 0 aliphatic rings. The van der Waals surface area contributed by atoms with E-state index in [1.54, 1.807) is 0 Å². The van der Waals surface area contributed by atoms with Crippen molar-refractivity contribution in [3.63, 3.8) is 0 Å². The van der Waals surface area contributed by atoms with Gasteiger partial charge in [-0.1, -0.05) is 82.1 Å². The van der Waals surface area contributed by atoms with E-state index in [2.05, 4.69) is 29.4 Å². The molecule has 0 fully saturated rings. The molecule has 1 atom stereocenters. The van der Waals surface area contributed by atoms with E-state index in [1.165, 1.54) is 57.8 Å². The van der Waals surface area contributed by atoms with Gasteiger partial charge in [0, 0.05) is 0 Å². The zero-order valence-corrected chi connectivity index (χ0v) is 33.5. The lowest BCUT2D eigenvalue weighted by atomic mass is 10.1. The van der Waals surface area contributed by atoms with Gasteiger partial charge in [-0.25, -0.2) is 4.68 Å². The van der Waals surface area contributed by atoms with Gasteiger partial charge in [-0.15, -0.1) is 5.10 Å². The largest absolute Gasteiger partial charge is 0.494 e. The number of benzene rings is 1. The Bertz CT molecular complexity index is 1160. The lowest BCUT2D eigenvalue weighted by molar-refractivity contribution is -0.0234. The van der Waals surface area contributed by atoms with Crippen molar-refractivity contribution in [3.8, 4) is 5.75 Å². The van der Waals surface area contributed by atoms with Crippen molar-refractivity contribution in [3.05, 3.63) is 41.7 Å². The van der Waals surface area contributed by atoms with E-state index in [0.717, 1.165) is 30.0 Å². The van der Waals surface area contributed by atoms with Crippen LogP contribution in [0.4, 0.5) is 4.20 Å². The van der Waals surface area contributed by atoms with Crippen molar-refractivity contribution in [1.82, 2.24) is 15.0 Å². The maximum Gasteiger partial charge on any atom is 0.367 e. The molecular weight excluding hydrogens is 724 g/mol. The average Bonchev–Trinajstić information content (AvgIpc) is 3.60. The summed E-state index contributed by atoms with van der Waals surface area (Å²) >= 11 is 0. The van der Waals surface area contributed by atoms with Crippen molar-refractivity contribution < 1.29 is 56.3 Å². The Morgan fingerprint density at radius 3 is 1.48 bits per heavy atom. The minimum atomic E-state index is -4.50. The molecule has 2 rings (SSSR count). The molecule has 0 amide bonds. The quantitative estimate of drug-likeness (QED) is 0.0585. The molecule has 54 heavy (non-hydrogen) atoms. The molecule has 1 N–H and O–H groups in total. The maximum atomic E-state index is 12.4.